The van der Waals surface area contributed by atoms with E-state index in [0.717, 1.165) is 12.1 Å². The highest BCUT2D eigenvalue weighted by molar-refractivity contribution is 6.04. The second-order valence-electron chi connectivity index (χ2n) is 4.00. The third kappa shape index (κ3) is 2.84. The molecule has 0 fully saturated rings. The number of carbonyl (C=O) groups excluding carboxylic acids is 1. The molecule has 20 heavy (non-hydrogen) atoms. The minimum absolute atomic E-state index is 0.0327. The number of hydrogen-bond donors (Lipinski definition) is 3. The van der Waals surface area contributed by atoms with Crippen LogP contribution in [0.2, 0.25) is 0 Å². The second kappa shape index (κ2) is 5.28. The Labute approximate surface area is 113 Å². The van der Waals surface area contributed by atoms with Crippen LogP contribution in [0, 0.1) is 17.1 Å². The first-order valence-corrected chi connectivity index (χ1v) is 5.53. The van der Waals surface area contributed by atoms with Crippen molar-refractivity contribution >= 4 is 11.6 Å². The molecule has 0 unspecified atom stereocenters. The number of benzene rings is 2. The molecule has 0 spiro atoms. The van der Waals surface area contributed by atoms with Crippen LogP contribution in [-0.2, 0) is 0 Å². The van der Waals surface area contributed by atoms with E-state index in [1.165, 1.54) is 24.3 Å². The summed E-state index contributed by atoms with van der Waals surface area (Å²) in [5.74, 6) is -1.80. The summed E-state index contributed by atoms with van der Waals surface area (Å²) in [7, 11) is 0. The van der Waals surface area contributed by atoms with Crippen LogP contribution in [0.3, 0.4) is 0 Å². The van der Waals surface area contributed by atoms with Gasteiger partial charge in [-0.3, -0.25) is 4.79 Å². The summed E-state index contributed by atoms with van der Waals surface area (Å²) in [5, 5.41) is 29.7. The molecule has 0 heterocycles. The number of anilines is 1. The Hall–Kier alpha value is -3.07. The van der Waals surface area contributed by atoms with Gasteiger partial charge in [-0.15, -0.1) is 0 Å². The van der Waals surface area contributed by atoms with E-state index in [2.05, 4.69) is 5.32 Å². The average molecular weight is 272 g/mol. The maximum Gasteiger partial charge on any atom is 0.255 e. The molecule has 2 aromatic rings. The zero-order valence-corrected chi connectivity index (χ0v) is 10.1. The molecule has 1 amide bonds. The van der Waals surface area contributed by atoms with Gasteiger partial charge >= 0.3 is 0 Å². The van der Waals surface area contributed by atoms with Crippen molar-refractivity contribution in [2.75, 3.05) is 5.32 Å². The molecule has 0 atom stereocenters. The van der Waals surface area contributed by atoms with Crippen molar-refractivity contribution in [3.05, 3.63) is 53.3 Å². The van der Waals surface area contributed by atoms with Crippen LogP contribution in [0.4, 0.5) is 10.1 Å². The summed E-state index contributed by atoms with van der Waals surface area (Å²) in [6.07, 6.45) is 0. The summed E-state index contributed by atoms with van der Waals surface area (Å²) >= 11 is 0. The van der Waals surface area contributed by atoms with Gasteiger partial charge in [0.1, 0.15) is 23.4 Å². The number of nitrogens with one attached hydrogen (secondary N) is 1. The minimum Gasteiger partial charge on any atom is -0.508 e. The summed E-state index contributed by atoms with van der Waals surface area (Å²) in [6, 6.07) is 8.64. The Balaban J connectivity index is 2.26. The number of phenolic OH excluding ortho intramolecular Hbond substituents is 2. The van der Waals surface area contributed by atoms with Crippen LogP contribution in [0.25, 0.3) is 0 Å². The van der Waals surface area contributed by atoms with E-state index in [-0.39, 0.29) is 28.3 Å². The Morgan fingerprint density at radius 3 is 2.40 bits per heavy atom. The van der Waals surface area contributed by atoms with Crippen molar-refractivity contribution in [3.8, 4) is 17.6 Å². The van der Waals surface area contributed by atoms with Crippen molar-refractivity contribution < 1.29 is 19.4 Å². The van der Waals surface area contributed by atoms with E-state index in [1.807, 2.05) is 0 Å². The molecule has 0 aromatic heterocycles. The number of carbonyl (C=O) groups is 1. The maximum absolute atomic E-state index is 13.1. The van der Waals surface area contributed by atoms with Gasteiger partial charge in [-0.2, -0.15) is 5.26 Å². The first kappa shape index (κ1) is 13.4. The first-order valence-electron chi connectivity index (χ1n) is 5.53. The predicted octanol–water partition coefficient (Wildman–Crippen LogP) is 2.36. The topological polar surface area (TPSA) is 93.4 Å². The van der Waals surface area contributed by atoms with Gasteiger partial charge in [0.05, 0.1) is 5.56 Å². The summed E-state index contributed by atoms with van der Waals surface area (Å²) in [5.41, 5.74) is 0.0719. The molecule has 2 rings (SSSR count). The number of phenols is 2. The van der Waals surface area contributed by atoms with E-state index in [4.69, 9.17) is 5.26 Å². The van der Waals surface area contributed by atoms with E-state index in [1.54, 1.807) is 6.07 Å². The predicted molar refractivity (Wildman–Crippen MR) is 68.8 cm³/mol. The summed E-state index contributed by atoms with van der Waals surface area (Å²) in [4.78, 5) is 11.9. The van der Waals surface area contributed by atoms with Crippen molar-refractivity contribution in [1.29, 1.82) is 5.26 Å². The fraction of sp³-hybridized carbons (Fsp3) is 0. The zero-order chi connectivity index (χ0) is 14.7. The molecule has 0 aliphatic rings. The SMILES string of the molecule is N#Cc1cc(NC(=O)c2cc(O)cc(O)c2)ccc1F. The van der Waals surface area contributed by atoms with Gasteiger partial charge in [0.15, 0.2) is 0 Å². The number of aromatic hydroxyl groups is 2. The van der Waals surface area contributed by atoms with Crippen molar-refractivity contribution in [3.63, 3.8) is 0 Å². The number of halogens is 1. The summed E-state index contributed by atoms with van der Waals surface area (Å²) < 4.78 is 13.1. The van der Waals surface area contributed by atoms with Crippen LogP contribution >= 0.6 is 0 Å². The Morgan fingerprint density at radius 2 is 1.80 bits per heavy atom. The molecule has 3 N–H and O–H groups in total. The zero-order valence-electron chi connectivity index (χ0n) is 10.1. The normalized spacial score (nSPS) is 9.80. The number of nitrogens with zero attached hydrogens (tertiary/aromatic N) is 1. The van der Waals surface area contributed by atoms with Crippen LogP contribution < -0.4 is 5.32 Å². The molecule has 0 radical (unpaired) electrons. The first-order chi connectivity index (χ1) is 9.49. The van der Waals surface area contributed by atoms with Gasteiger partial charge in [0, 0.05) is 17.3 Å². The fourth-order valence-electron chi connectivity index (χ4n) is 1.62. The maximum atomic E-state index is 13.1. The van der Waals surface area contributed by atoms with E-state index in [0.29, 0.717) is 0 Å². The van der Waals surface area contributed by atoms with E-state index >= 15 is 0 Å². The van der Waals surface area contributed by atoms with Gasteiger partial charge in [-0.25, -0.2) is 4.39 Å². The lowest BCUT2D eigenvalue weighted by Crippen LogP contribution is -2.12. The number of rotatable bonds is 2. The van der Waals surface area contributed by atoms with Gasteiger partial charge in [0.2, 0.25) is 0 Å². The fourth-order valence-corrected chi connectivity index (χ4v) is 1.62. The highest BCUT2D eigenvalue weighted by atomic mass is 19.1. The van der Waals surface area contributed by atoms with Crippen LogP contribution in [-0.4, -0.2) is 16.1 Å². The molecular weight excluding hydrogens is 263 g/mol. The Bertz CT molecular complexity index is 703. The van der Waals surface area contributed by atoms with Crippen molar-refractivity contribution in [2.45, 2.75) is 0 Å². The Kier molecular flexibility index (Phi) is 3.53. The molecule has 0 aliphatic carbocycles. The second-order valence-corrected chi connectivity index (χ2v) is 4.00. The van der Waals surface area contributed by atoms with Gasteiger partial charge in [-0.05, 0) is 30.3 Å². The van der Waals surface area contributed by atoms with Crippen LogP contribution in [0.5, 0.6) is 11.5 Å². The molecule has 0 bridgehead atoms. The lowest BCUT2D eigenvalue weighted by Gasteiger charge is -2.07. The quantitative estimate of drug-likeness (QED) is 0.782. The highest BCUT2D eigenvalue weighted by Crippen LogP contribution is 2.21. The lowest BCUT2D eigenvalue weighted by molar-refractivity contribution is 0.102. The van der Waals surface area contributed by atoms with E-state index < -0.39 is 11.7 Å². The smallest absolute Gasteiger partial charge is 0.255 e. The molecule has 0 saturated carbocycles. The standard InChI is InChI=1S/C14H9FN2O3/c15-13-2-1-10(3-9(13)7-16)17-14(20)8-4-11(18)6-12(19)5-8/h1-6,18-19H,(H,17,20). The summed E-state index contributed by atoms with van der Waals surface area (Å²) in [6.45, 7) is 0. The molecule has 100 valence electrons. The van der Waals surface area contributed by atoms with Gasteiger partial charge in [0.25, 0.3) is 5.91 Å². The largest absolute Gasteiger partial charge is 0.508 e. The van der Waals surface area contributed by atoms with Crippen LogP contribution in [0.1, 0.15) is 15.9 Å². The minimum atomic E-state index is -0.680. The molecular formula is C14H9FN2O3. The van der Waals surface area contributed by atoms with Gasteiger partial charge < -0.3 is 15.5 Å². The molecule has 5 nitrogen and oxygen atoms in total. The number of nitriles is 1. The Morgan fingerprint density at radius 1 is 1.15 bits per heavy atom. The average Bonchev–Trinajstić information content (AvgIpc) is 2.39. The van der Waals surface area contributed by atoms with Gasteiger partial charge in [-0.1, -0.05) is 0 Å². The third-order valence-corrected chi connectivity index (χ3v) is 2.51. The highest BCUT2D eigenvalue weighted by Gasteiger charge is 2.10. The van der Waals surface area contributed by atoms with Crippen molar-refractivity contribution in [1.82, 2.24) is 0 Å². The molecule has 0 saturated heterocycles. The number of amides is 1. The third-order valence-electron chi connectivity index (χ3n) is 2.51. The lowest BCUT2D eigenvalue weighted by atomic mass is 10.1. The monoisotopic (exact) mass is 272 g/mol. The molecule has 0 aliphatic heterocycles. The molecule has 6 heteroatoms. The number of hydrogen-bond acceptors (Lipinski definition) is 4. The van der Waals surface area contributed by atoms with Crippen LogP contribution in [0.15, 0.2) is 36.4 Å². The van der Waals surface area contributed by atoms with Crippen molar-refractivity contribution in [2.24, 2.45) is 0 Å². The molecule has 2 aromatic carbocycles. The van der Waals surface area contributed by atoms with E-state index in [9.17, 15) is 19.4 Å².